The minimum Gasteiger partial charge on any atom is -0.482 e. The van der Waals surface area contributed by atoms with E-state index in [-0.39, 0.29) is 0 Å². The van der Waals surface area contributed by atoms with Crippen LogP contribution in [0.1, 0.15) is 36.0 Å². The number of aliphatic carboxylic acids is 1. The summed E-state index contributed by atoms with van der Waals surface area (Å²) in [5.74, 6) is 1.18. The summed E-state index contributed by atoms with van der Waals surface area (Å²) in [7, 11) is 0. The highest BCUT2D eigenvalue weighted by atomic mass is 16.5. The molecule has 144 valence electrons. The predicted molar refractivity (Wildman–Crippen MR) is 97.4 cm³/mol. The zero-order valence-electron chi connectivity index (χ0n) is 15.0. The number of benzene rings is 1. The fraction of sp³-hybridized carbons (Fsp3) is 0.316. The SMILES string of the molecule is O=C(O)COc1ccc(-c2cnccn2)cc1CNCc1noc(C2CC2)n1. The van der Waals surface area contributed by atoms with Crippen molar-refractivity contribution >= 4 is 5.97 Å². The number of carbonyl (C=O) groups is 1. The normalized spacial score (nSPS) is 13.4. The van der Waals surface area contributed by atoms with Gasteiger partial charge < -0.3 is 19.7 Å². The largest absolute Gasteiger partial charge is 0.482 e. The van der Waals surface area contributed by atoms with E-state index in [9.17, 15) is 4.79 Å². The summed E-state index contributed by atoms with van der Waals surface area (Å²) >= 11 is 0. The maximum absolute atomic E-state index is 10.8. The number of nitrogens with one attached hydrogen (secondary N) is 1. The van der Waals surface area contributed by atoms with Crippen molar-refractivity contribution in [2.75, 3.05) is 6.61 Å². The molecule has 2 aromatic heterocycles. The second-order valence-corrected chi connectivity index (χ2v) is 6.52. The number of nitrogens with zero attached hydrogens (tertiary/aromatic N) is 4. The molecular formula is C19H19N5O4. The standard InChI is InChI=1S/C19H19N5O4/c25-18(26)11-27-16-4-3-13(15-9-20-5-6-22-15)7-14(16)8-21-10-17-23-19(28-24-17)12-1-2-12/h3-7,9,12,21H,1-2,8,10-11H2,(H,25,26). The summed E-state index contributed by atoms with van der Waals surface area (Å²) in [5, 5.41) is 16.1. The first-order valence-corrected chi connectivity index (χ1v) is 8.96. The number of aromatic nitrogens is 4. The van der Waals surface area contributed by atoms with Crippen LogP contribution in [0.2, 0.25) is 0 Å². The van der Waals surface area contributed by atoms with Crippen LogP contribution in [-0.4, -0.2) is 37.8 Å². The third-order valence-corrected chi connectivity index (χ3v) is 4.28. The van der Waals surface area contributed by atoms with Gasteiger partial charge >= 0.3 is 5.97 Å². The number of carboxylic acids is 1. The Bertz CT molecular complexity index is 956. The van der Waals surface area contributed by atoms with Gasteiger partial charge in [-0.05, 0) is 31.0 Å². The Kier molecular flexibility index (Phi) is 5.24. The summed E-state index contributed by atoms with van der Waals surface area (Å²) in [6.45, 7) is 0.466. The van der Waals surface area contributed by atoms with Crippen LogP contribution in [0.5, 0.6) is 5.75 Å². The van der Waals surface area contributed by atoms with E-state index in [4.69, 9.17) is 14.4 Å². The van der Waals surface area contributed by atoms with Crippen LogP contribution in [0.15, 0.2) is 41.3 Å². The average Bonchev–Trinajstić information content (AvgIpc) is 3.46. The van der Waals surface area contributed by atoms with E-state index < -0.39 is 12.6 Å². The van der Waals surface area contributed by atoms with Crippen molar-refractivity contribution in [3.05, 3.63) is 54.1 Å². The molecule has 3 aromatic rings. The second kappa shape index (κ2) is 8.13. The molecule has 1 fully saturated rings. The molecule has 0 bridgehead atoms. The molecule has 0 aliphatic heterocycles. The Labute approximate surface area is 160 Å². The molecule has 1 aliphatic carbocycles. The van der Waals surface area contributed by atoms with Gasteiger partial charge in [0.25, 0.3) is 0 Å². The molecule has 1 aliphatic rings. The Morgan fingerprint density at radius 3 is 2.93 bits per heavy atom. The molecule has 4 rings (SSSR count). The van der Waals surface area contributed by atoms with Gasteiger partial charge in [-0.2, -0.15) is 4.98 Å². The van der Waals surface area contributed by atoms with Gasteiger partial charge in [0.05, 0.1) is 18.4 Å². The number of ether oxygens (including phenoxy) is 1. The van der Waals surface area contributed by atoms with E-state index in [2.05, 4.69) is 25.4 Å². The van der Waals surface area contributed by atoms with Crippen LogP contribution in [0.3, 0.4) is 0 Å². The molecule has 0 radical (unpaired) electrons. The van der Waals surface area contributed by atoms with Crippen LogP contribution < -0.4 is 10.1 Å². The first-order chi connectivity index (χ1) is 13.7. The van der Waals surface area contributed by atoms with Crippen molar-refractivity contribution in [1.29, 1.82) is 0 Å². The highest BCUT2D eigenvalue weighted by molar-refractivity contribution is 5.69. The minimum atomic E-state index is -1.03. The Hall–Kier alpha value is -3.33. The molecular weight excluding hydrogens is 362 g/mol. The van der Waals surface area contributed by atoms with Crippen LogP contribution in [0.4, 0.5) is 0 Å². The van der Waals surface area contributed by atoms with Gasteiger partial charge in [0, 0.05) is 36.0 Å². The van der Waals surface area contributed by atoms with Crippen molar-refractivity contribution in [2.24, 2.45) is 0 Å². The van der Waals surface area contributed by atoms with Gasteiger partial charge in [-0.25, -0.2) is 4.79 Å². The van der Waals surface area contributed by atoms with Gasteiger partial charge in [-0.3, -0.25) is 9.97 Å². The Morgan fingerprint density at radius 1 is 1.29 bits per heavy atom. The van der Waals surface area contributed by atoms with E-state index in [0.29, 0.717) is 36.5 Å². The maximum atomic E-state index is 10.8. The molecule has 0 atom stereocenters. The van der Waals surface area contributed by atoms with Gasteiger partial charge in [-0.1, -0.05) is 5.16 Å². The lowest BCUT2D eigenvalue weighted by molar-refractivity contribution is -0.139. The Morgan fingerprint density at radius 2 is 2.18 bits per heavy atom. The van der Waals surface area contributed by atoms with Gasteiger partial charge in [0.1, 0.15) is 5.75 Å². The van der Waals surface area contributed by atoms with E-state index in [1.54, 1.807) is 24.7 Å². The topological polar surface area (TPSA) is 123 Å². The number of carboxylic acid groups (broad SMARTS) is 1. The monoisotopic (exact) mass is 381 g/mol. The summed E-state index contributed by atoms with van der Waals surface area (Å²) in [6.07, 6.45) is 7.11. The summed E-state index contributed by atoms with van der Waals surface area (Å²) in [6, 6.07) is 5.47. The lowest BCUT2D eigenvalue weighted by Gasteiger charge is -2.12. The molecule has 0 amide bonds. The molecule has 9 nitrogen and oxygen atoms in total. The third-order valence-electron chi connectivity index (χ3n) is 4.28. The summed E-state index contributed by atoms with van der Waals surface area (Å²) in [5.41, 5.74) is 2.39. The number of hydrogen-bond donors (Lipinski definition) is 2. The second-order valence-electron chi connectivity index (χ2n) is 6.52. The molecule has 1 saturated carbocycles. The smallest absolute Gasteiger partial charge is 0.341 e. The zero-order chi connectivity index (χ0) is 19.3. The Balaban J connectivity index is 1.47. The fourth-order valence-electron chi connectivity index (χ4n) is 2.75. The maximum Gasteiger partial charge on any atom is 0.341 e. The van der Waals surface area contributed by atoms with Crippen molar-refractivity contribution in [1.82, 2.24) is 25.4 Å². The van der Waals surface area contributed by atoms with E-state index in [0.717, 1.165) is 29.7 Å². The van der Waals surface area contributed by atoms with Crippen molar-refractivity contribution in [3.63, 3.8) is 0 Å². The molecule has 9 heteroatoms. The van der Waals surface area contributed by atoms with Crippen molar-refractivity contribution in [3.8, 4) is 17.0 Å². The van der Waals surface area contributed by atoms with Crippen LogP contribution in [-0.2, 0) is 17.9 Å². The molecule has 1 aromatic carbocycles. The number of hydrogen-bond acceptors (Lipinski definition) is 8. The molecule has 2 heterocycles. The molecule has 0 unspecified atom stereocenters. The van der Waals surface area contributed by atoms with Gasteiger partial charge in [-0.15, -0.1) is 0 Å². The highest BCUT2D eigenvalue weighted by Crippen LogP contribution is 2.38. The molecule has 28 heavy (non-hydrogen) atoms. The highest BCUT2D eigenvalue weighted by Gasteiger charge is 2.29. The van der Waals surface area contributed by atoms with Crippen molar-refractivity contribution in [2.45, 2.75) is 31.8 Å². The van der Waals surface area contributed by atoms with Gasteiger partial charge in [0.15, 0.2) is 12.4 Å². The third kappa shape index (κ3) is 4.49. The first-order valence-electron chi connectivity index (χ1n) is 8.96. The van der Waals surface area contributed by atoms with Gasteiger partial charge in [0.2, 0.25) is 5.89 Å². The summed E-state index contributed by atoms with van der Waals surface area (Å²) in [4.78, 5) is 23.6. The first kappa shape index (κ1) is 18.1. The van der Waals surface area contributed by atoms with E-state index >= 15 is 0 Å². The quantitative estimate of drug-likeness (QED) is 0.574. The van der Waals surface area contributed by atoms with E-state index in [1.807, 2.05) is 12.1 Å². The lowest BCUT2D eigenvalue weighted by Crippen LogP contribution is -2.16. The minimum absolute atomic E-state index is 0.410. The summed E-state index contributed by atoms with van der Waals surface area (Å²) < 4.78 is 10.7. The van der Waals surface area contributed by atoms with Crippen LogP contribution in [0, 0.1) is 0 Å². The van der Waals surface area contributed by atoms with Crippen LogP contribution >= 0.6 is 0 Å². The zero-order valence-corrected chi connectivity index (χ0v) is 15.0. The lowest BCUT2D eigenvalue weighted by atomic mass is 10.1. The average molecular weight is 381 g/mol. The molecule has 0 saturated heterocycles. The number of rotatable bonds is 9. The van der Waals surface area contributed by atoms with Crippen LogP contribution in [0.25, 0.3) is 11.3 Å². The van der Waals surface area contributed by atoms with E-state index in [1.165, 1.54) is 0 Å². The fourth-order valence-corrected chi connectivity index (χ4v) is 2.75. The molecule has 2 N–H and O–H groups in total. The van der Waals surface area contributed by atoms with Crippen molar-refractivity contribution < 1.29 is 19.2 Å². The molecule has 0 spiro atoms. The predicted octanol–water partition coefficient (Wildman–Crippen LogP) is 2.16.